The molecular formula is C13H15ClN2O5. The number of amides is 3. The normalized spacial score (nSPS) is 11.2. The van der Waals surface area contributed by atoms with Gasteiger partial charge in [0.1, 0.15) is 5.75 Å². The molecule has 1 rings (SSSR count). The Labute approximate surface area is 126 Å². The molecule has 0 heterocycles. The van der Waals surface area contributed by atoms with Crippen LogP contribution in [0.4, 0.5) is 4.79 Å². The lowest BCUT2D eigenvalue weighted by atomic mass is 10.3. The Morgan fingerprint density at radius 3 is 2.43 bits per heavy atom. The second-order valence-electron chi connectivity index (χ2n) is 3.95. The summed E-state index contributed by atoms with van der Waals surface area (Å²) in [6.07, 6.45) is -0.904. The molecule has 0 aliphatic heterocycles. The molecule has 0 unspecified atom stereocenters. The number of rotatable bonds is 5. The van der Waals surface area contributed by atoms with Crippen LogP contribution in [0.2, 0.25) is 5.02 Å². The minimum atomic E-state index is -0.904. The number of urea groups is 1. The van der Waals surface area contributed by atoms with Gasteiger partial charge in [-0.05, 0) is 31.2 Å². The molecule has 1 aromatic carbocycles. The molecule has 2 N–H and O–H groups in total. The quantitative estimate of drug-likeness (QED) is 0.794. The number of hydrogen-bond acceptors (Lipinski definition) is 5. The van der Waals surface area contributed by atoms with E-state index in [0.717, 1.165) is 0 Å². The van der Waals surface area contributed by atoms with Gasteiger partial charge in [-0.2, -0.15) is 0 Å². The zero-order valence-electron chi connectivity index (χ0n) is 11.5. The maximum Gasteiger partial charge on any atom is 0.347 e. The van der Waals surface area contributed by atoms with Crippen LogP contribution in [-0.2, 0) is 14.3 Å². The van der Waals surface area contributed by atoms with Crippen LogP contribution < -0.4 is 15.4 Å². The van der Waals surface area contributed by atoms with Crippen LogP contribution in [0.25, 0.3) is 0 Å². The van der Waals surface area contributed by atoms with Gasteiger partial charge in [0.25, 0.3) is 5.91 Å². The molecule has 1 atom stereocenters. The second kappa shape index (κ2) is 8.11. The van der Waals surface area contributed by atoms with Crippen LogP contribution in [0.3, 0.4) is 0 Å². The first kappa shape index (κ1) is 16.8. The highest BCUT2D eigenvalue weighted by atomic mass is 35.5. The summed E-state index contributed by atoms with van der Waals surface area (Å²) in [7, 11) is 1.36. The fraction of sp³-hybridized carbons (Fsp3) is 0.308. The number of halogens is 1. The predicted octanol–water partition coefficient (Wildman–Crippen LogP) is 1.11. The smallest absolute Gasteiger partial charge is 0.347 e. The second-order valence-corrected chi connectivity index (χ2v) is 4.39. The van der Waals surface area contributed by atoms with E-state index in [1.165, 1.54) is 14.0 Å². The van der Waals surface area contributed by atoms with Crippen LogP contribution in [0.15, 0.2) is 24.3 Å². The molecule has 0 aromatic heterocycles. The van der Waals surface area contributed by atoms with E-state index >= 15 is 0 Å². The largest absolute Gasteiger partial charge is 0.479 e. The first-order valence-corrected chi connectivity index (χ1v) is 6.40. The van der Waals surface area contributed by atoms with Crippen LogP contribution >= 0.6 is 11.6 Å². The summed E-state index contributed by atoms with van der Waals surface area (Å²) >= 11 is 5.72. The number of ether oxygens (including phenoxy) is 2. The molecule has 0 aliphatic rings. The molecular weight excluding hydrogens is 300 g/mol. The van der Waals surface area contributed by atoms with Crippen molar-refractivity contribution >= 4 is 29.5 Å². The summed E-state index contributed by atoms with van der Waals surface area (Å²) in [4.78, 5) is 33.7. The Morgan fingerprint density at radius 2 is 1.86 bits per heavy atom. The third-order valence-corrected chi connectivity index (χ3v) is 2.54. The predicted molar refractivity (Wildman–Crippen MR) is 75.1 cm³/mol. The van der Waals surface area contributed by atoms with E-state index in [0.29, 0.717) is 10.8 Å². The summed E-state index contributed by atoms with van der Waals surface area (Å²) in [6.45, 7) is 0.911. The SMILES string of the molecule is CNC(=O)NC(=O)COC(=O)[C@@H](C)Oc1ccc(Cl)cc1. The Morgan fingerprint density at radius 1 is 1.24 bits per heavy atom. The zero-order chi connectivity index (χ0) is 15.8. The molecule has 8 heteroatoms. The van der Waals surface area contributed by atoms with E-state index in [9.17, 15) is 14.4 Å². The van der Waals surface area contributed by atoms with Gasteiger partial charge in [0.05, 0.1) is 0 Å². The summed E-state index contributed by atoms with van der Waals surface area (Å²) in [5, 5.41) is 4.70. The Hall–Kier alpha value is -2.28. The van der Waals surface area contributed by atoms with Gasteiger partial charge in [0.2, 0.25) is 0 Å². The molecule has 1 aromatic rings. The lowest BCUT2D eigenvalue weighted by Crippen LogP contribution is -2.40. The lowest BCUT2D eigenvalue weighted by Gasteiger charge is -2.13. The molecule has 0 spiro atoms. The number of carbonyl (C=O) groups is 3. The highest BCUT2D eigenvalue weighted by Crippen LogP contribution is 2.16. The summed E-state index contributed by atoms with van der Waals surface area (Å²) in [5.41, 5.74) is 0. The molecule has 0 radical (unpaired) electrons. The molecule has 0 fully saturated rings. The number of imide groups is 1. The Bertz CT molecular complexity index is 518. The Kier molecular flexibility index (Phi) is 6.48. The van der Waals surface area contributed by atoms with Crippen molar-refractivity contribution in [2.24, 2.45) is 0 Å². The van der Waals surface area contributed by atoms with Gasteiger partial charge in [-0.1, -0.05) is 11.6 Å². The minimum absolute atomic E-state index is 0.443. The van der Waals surface area contributed by atoms with Crippen molar-refractivity contribution < 1.29 is 23.9 Å². The number of carbonyl (C=O) groups excluding carboxylic acids is 3. The topological polar surface area (TPSA) is 93.7 Å². The molecule has 7 nitrogen and oxygen atoms in total. The highest BCUT2D eigenvalue weighted by molar-refractivity contribution is 6.30. The van der Waals surface area contributed by atoms with Crippen LogP contribution in [-0.4, -0.2) is 37.7 Å². The van der Waals surface area contributed by atoms with E-state index in [2.05, 4.69) is 5.32 Å². The first-order valence-electron chi connectivity index (χ1n) is 6.02. The van der Waals surface area contributed by atoms with Gasteiger partial charge in [0, 0.05) is 12.1 Å². The van der Waals surface area contributed by atoms with Gasteiger partial charge in [-0.15, -0.1) is 0 Å². The molecule has 0 saturated carbocycles. The van der Waals surface area contributed by atoms with Gasteiger partial charge >= 0.3 is 12.0 Å². The summed E-state index contributed by atoms with van der Waals surface area (Å²) < 4.78 is 10.0. The molecule has 0 saturated heterocycles. The molecule has 21 heavy (non-hydrogen) atoms. The average molecular weight is 315 g/mol. The van der Waals surface area contributed by atoms with Crippen molar-refractivity contribution in [3.63, 3.8) is 0 Å². The number of esters is 1. The van der Waals surface area contributed by atoms with Crippen molar-refractivity contribution in [3.05, 3.63) is 29.3 Å². The summed E-state index contributed by atoms with van der Waals surface area (Å²) in [6, 6.07) is 5.76. The monoisotopic (exact) mass is 314 g/mol. The highest BCUT2D eigenvalue weighted by Gasteiger charge is 2.18. The van der Waals surface area contributed by atoms with Crippen LogP contribution in [0, 0.1) is 0 Å². The maximum absolute atomic E-state index is 11.6. The van der Waals surface area contributed by atoms with Gasteiger partial charge in [0.15, 0.2) is 12.7 Å². The van der Waals surface area contributed by atoms with Gasteiger partial charge in [-0.25, -0.2) is 9.59 Å². The zero-order valence-corrected chi connectivity index (χ0v) is 12.3. The third-order valence-electron chi connectivity index (χ3n) is 2.28. The summed E-state index contributed by atoms with van der Waals surface area (Å²) in [5.74, 6) is -1.02. The van der Waals surface area contributed by atoms with E-state index < -0.39 is 30.6 Å². The maximum atomic E-state index is 11.6. The number of nitrogens with one attached hydrogen (secondary N) is 2. The fourth-order valence-corrected chi connectivity index (χ4v) is 1.37. The standard InChI is InChI=1S/C13H15ClN2O5/c1-8(21-10-5-3-9(14)4-6-10)12(18)20-7-11(17)16-13(19)15-2/h3-6,8H,7H2,1-2H3,(H2,15,16,17,19)/t8-/m1/s1. The number of benzene rings is 1. The molecule has 114 valence electrons. The van der Waals surface area contributed by atoms with E-state index in [1.54, 1.807) is 24.3 Å². The van der Waals surface area contributed by atoms with Crippen molar-refractivity contribution in [2.75, 3.05) is 13.7 Å². The Balaban J connectivity index is 2.39. The van der Waals surface area contributed by atoms with Crippen molar-refractivity contribution in [2.45, 2.75) is 13.0 Å². The van der Waals surface area contributed by atoms with E-state index in [-0.39, 0.29) is 0 Å². The molecule has 3 amide bonds. The van der Waals surface area contributed by atoms with Crippen molar-refractivity contribution in [1.82, 2.24) is 10.6 Å². The van der Waals surface area contributed by atoms with E-state index in [4.69, 9.17) is 21.1 Å². The average Bonchev–Trinajstić information content (AvgIpc) is 2.46. The minimum Gasteiger partial charge on any atom is -0.479 e. The number of hydrogen-bond donors (Lipinski definition) is 2. The molecule has 0 bridgehead atoms. The van der Waals surface area contributed by atoms with E-state index in [1.807, 2.05) is 5.32 Å². The van der Waals surface area contributed by atoms with Crippen molar-refractivity contribution in [1.29, 1.82) is 0 Å². The van der Waals surface area contributed by atoms with Gasteiger partial charge in [-0.3, -0.25) is 10.1 Å². The van der Waals surface area contributed by atoms with Crippen LogP contribution in [0.5, 0.6) is 5.75 Å². The van der Waals surface area contributed by atoms with Crippen molar-refractivity contribution in [3.8, 4) is 5.75 Å². The van der Waals surface area contributed by atoms with Crippen LogP contribution in [0.1, 0.15) is 6.92 Å². The molecule has 0 aliphatic carbocycles. The van der Waals surface area contributed by atoms with Gasteiger partial charge < -0.3 is 14.8 Å². The third kappa shape index (κ3) is 6.13. The fourth-order valence-electron chi connectivity index (χ4n) is 1.24. The lowest BCUT2D eigenvalue weighted by molar-refractivity contribution is -0.154. The first-order chi connectivity index (χ1) is 9.92.